The van der Waals surface area contributed by atoms with Gasteiger partial charge in [-0.3, -0.25) is 0 Å². The lowest BCUT2D eigenvalue weighted by Gasteiger charge is -2.11. The van der Waals surface area contributed by atoms with Gasteiger partial charge in [-0.05, 0) is 24.3 Å². The molecule has 52 valence electrons. The third kappa shape index (κ3) is 0.878. The van der Waals surface area contributed by atoms with E-state index < -0.39 is 0 Å². The van der Waals surface area contributed by atoms with E-state index in [0.29, 0.717) is 11.7 Å². The Morgan fingerprint density at radius 2 is 1.90 bits per heavy atom. The zero-order valence-corrected chi connectivity index (χ0v) is 5.71. The number of allylic oxidation sites excluding steroid dienone is 6. The molecule has 0 aromatic heterocycles. The summed E-state index contributed by atoms with van der Waals surface area (Å²) in [5.74, 6) is 0.701. The van der Waals surface area contributed by atoms with E-state index in [1.54, 1.807) is 0 Å². The van der Waals surface area contributed by atoms with Crippen molar-refractivity contribution in [1.82, 2.24) is 0 Å². The van der Waals surface area contributed by atoms with E-state index >= 15 is 0 Å². The number of rotatable bonds is 1. The van der Waals surface area contributed by atoms with Crippen LogP contribution in [-0.4, -0.2) is 0 Å². The first-order valence-electron chi connectivity index (χ1n) is 3.64. The molecule has 2 rings (SSSR count). The second-order valence-corrected chi connectivity index (χ2v) is 2.81. The molecule has 1 fully saturated rings. The summed E-state index contributed by atoms with van der Waals surface area (Å²) in [6.07, 6.45) is 9.81. The Morgan fingerprint density at radius 3 is 2.40 bits per heavy atom. The highest BCUT2D eigenvalue weighted by Gasteiger charge is 2.21. The van der Waals surface area contributed by atoms with Crippen LogP contribution in [0.1, 0.15) is 12.8 Å². The Hall–Kier alpha value is -0.980. The van der Waals surface area contributed by atoms with Gasteiger partial charge in [-0.1, -0.05) is 24.3 Å². The maximum Gasteiger partial charge on any atom is -0.0299 e. The Balaban J connectivity index is 2.25. The molecular formula is C9H9O-. The fourth-order valence-corrected chi connectivity index (χ4v) is 1.12. The topological polar surface area (TPSA) is 23.1 Å². The summed E-state index contributed by atoms with van der Waals surface area (Å²) >= 11 is 0. The minimum absolute atomic E-state index is 0.338. The van der Waals surface area contributed by atoms with Gasteiger partial charge < -0.3 is 5.11 Å². The molecule has 0 radical (unpaired) electrons. The quantitative estimate of drug-likeness (QED) is 0.492. The van der Waals surface area contributed by atoms with Crippen LogP contribution in [0.15, 0.2) is 35.6 Å². The van der Waals surface area contributed by atoms with Gasteiger partial charge in [-0.15, -0.1) is 5.76 Å². The summed E-state index contributed by atoms with van der Waals surface area (Å²) in [4.78, 5) is 0. The van der Waals surface area contributed by atoms with E-state index in [2.05, 4.69) is 0 Å². The fourth-order valence-electron chi connectivity index (χ4n) is 1.12. The molecule has 0 unspecified atom stereocenters. The summed E-state index contributed by atoms with van der Waals surface area (Å²) in [7, 11) is 0. The van der Waals surface area contributed by atoms with Crippen LogP contribution in [0.4, 0.5) is 0 Å². The lowest BCUT2D eigenvalue weighted by Crippen LogP contribution is -2.07. The van der Waals surface area contributed by atoms with Crippen molar-refractivity contribution in [3.8, 4) is 0 Å². The zero-order chi connectivity index (χ0) is 6.97. The normalized spacial score (nSPS) is 22.2. The standard InChI is InChI=1S/C9H10O/c10-9(8-5-6-8)7-3-1-2-4-7/h1-4,8,10H,5-6H2/p-1. The average molecular weight is 133 g/mol. The van der Waals surface area contributed by atoms with Crippen LogP contribution >= 0.6 is 0 Å². The molecule has 10 heavy (non-hydrogen) atoms. The molecule has 2 aliphatic rings. The molecule has 0 heterocycles. The minimum atomic E-state index is 0.338. The van der Waals surface area contributed by atoms with Crippen LogP contribution in [0.25, 0.3) is 0 Å². The predicted octanol–water partition coefficient (Wildman–Crippen LogP) is 1.14. The van der Waals surface area contributed by atoms with Gasteiger partial charge in [-0.2, -0.15) is 0 Å². The summed E-state index contributed by atoms with van der Waals surface area (Å²) in [6.45, 7) is 0. The molecule has 1 nitrogen and oxygen atoms in total. The molecule has 1 saturated carbocycles. The van der Waals surface area contributed by atoms with E-state index in [0.717, 1.165) is 18.4 Å². The Kier molecular flexibility index (Phi) is 1.16. The van der Waals surface area contributed by atoms with E-state index in [9.17, 15) is 5.11 Å². The van der Waals surface area contributed by atoms with Crippen molar-refractivity contribution in [2.24, 2.45) is 5.92 Å². The summed E-state index contributed by atoms with van der Waals surface area (Å²) in [6, 6.07) is 0. The Bertz CT molecular complexity index is 215. The van der Waals surface area contributed by atoms with Crippen molar-refractivity contribution >= 4 is 0 Å². The predicted molar refractivity (Wildman–Crippen MR) is 38.0 cm³/mol. The molecule has 2 aliphatic carbocycles. The van der Waals surface area contributed by atoms with Crippen LogP contribution in [0, 0.1) is 5.92 Å². The third-order valence-corrected chi connectivity index (χ3v) is 1.90. The summed E-state index contributed by atoms with van der Waals surface area (Å²) < 4.78 is 0. The third-order valence-electron chi connectivity index (χ3n) is 1.90. The van der Waals surface area contributed by atoms with E-state index in [1.165, 1.54) is 0 Å². The van der Waals surface area contributed by atoms with Crippen LogP contribution in [-0.2, 0) is 0 Å². The average Bonchev–Trinajstić information content (AvgIpc) is 2.65. The first-order chi connectivity index (χ1) is 4.88. The van der Waals surface area contributed by atoms with Gasteiger partial charge in [0, 0.05) is 0 Å². The highest BCUT2D eigenvalue weighted by molar-refractivity contribution is 5.42. The molecular weight excluding hydrogens is 124 g/mol. The summed E-state index contributed by atoms with van der Waals surface area (Å²) in [5.41, 5.74) is 0.891. The Morgan fingerprint density at radius 1 is 1.30 bits per heavy atom. The van der Waals surface area contributed by atoms with Crippen molar-refractivity contribution in [2.75, 3.05) is 0 Å². The zero-order valence-electron chi connectivity index (χ0n) is 5.71. The van der Waals surface area contributed by atoms with Gasteiger partial charge in [0.05, 0.1) is 0 Å². The van der Waals surface area contributed by atoms with Crippen molar-refractivity contribution in [1.29, 1.82) is 0 Å². The van der Waals surface area contributed by atoms with E-state index in [4.69, 9.17) is 0 Å². The van der Waals surface area contributed by atoms with Gasteiger partial charge in [0.2, 0.25) is 0 Å². The SMILES string of the molecule is [O-]C(=C1C=CC=C1)C1CC1. The Labute approximate surface area is 60.4 Å². The van der Waals surface area contributed by atoms with Crippen LogP contribution < -0.4 is 5.11 Å². The van der Waals surface area contributed by atoms with E-state index in [1.807, 2.05) is 24.3 Å². The lowest BCUT2D eigenvalue weighted by molar-refractivity contribution is -0.310. The monoisotopic (exact) mass is 133 g/mol. The van der Waals surface area contributed by atoms with Crippen molar-refractivity contribution in [2.45, 2.75) is 12.8 Å². The van der Waals surface area contributed by atoms with Gasteiger partial charge in [0.15, 0.2) is 0 Å². The van der Waals surface area contributed by atoms with Crippen molar-refractivity contribution in [3.63, 3.8) is 0 Å². The van der Waals surface area contributed by atoms with Crippen LogP contribution in [0.2, 0.25) is 0 Å². The molecule has 0 spiro atoms. The first kappa shape index (κ1) is 5.78. The highest BCUT2D eigenvalue weighted by atomic mass is 16.3. The van der Waals surface area contributed by atoms with Gasteiger partial charge >= 0.3 is 0 Å². The first-order valence-corrected chi connectivity index (χ1v) is 3.64. The smallest absolute Gasteiger partial charge is 0.0299 e. The van der Waals surface area contributed by atoms with Crippen molar-refractivity contribution in [3.05, 3.63) is 35.6 Å². The van der Waals surface area contributed by atoms with Gasteiger partial charge in [-0.25, -0.2) is 0 Å². The maximum atomic E-state index is 11.3. The van der Waals surface area contributed by atoms with Crippen LogP contribution in [0.5, 0.6) is 0 Å². The second-order valence-electron chi connectivity index (χ2n) is 2.81. The molecule has 0 saturated heterocycles. The fraction of sp³-hybridized carbons (Fsp3) is 0.333. The molecule has 0 amide bonds. The molecule has 0 N–H and O–H groups in total. The van der Waals surface area contributed by atoms with E-state index in [-0.39, 0.29) is 0 Å². The largest absolute Gasteiger partial charge is 0.875 e. The molecule has 1 heteroatoms. The van der Waals surface area contributed by atoms with Crippen molar-refractivity contribution < 1.29 is 5.11 Å². The minimum Gasteiger partial charge on any atom is -0.875 e. The molecule has 0 aromatic carbocycles. The van der Waals surface area contributed by atoms with Gasteiger partial charge in [0.25, 0.3) is 0 Å². The molecule has 0 bridgehead atoms. The second kappa shape index (κ2) is 2.01. The number of hydrogen-bond donors (Lipinski definition) is 0. The van der Waals surface area contributed by atoms with Crippen LogP contribution in [0.3, 0.4) is 0 Å². The molecule has 0 atom stereocenters. The lowest BCUT2D eigenvalue weighted by atomic mass is 10.2. The number of hydrogen-bond acceptors (Lipinski definition) is 1. The maximum absolute atomic E-state index is 11.3. The molecule has 0 aromatic rings. The van der Waals surface area contributed by atoms with Gasteiger partial charge in [0.1, 0.15) is 0 Å². The highest BCUT2D eigenvalue weighted by Crippen LogP contribution is 2.35. The summed E-state index contributed by atoms with van der Waals surface area (Å²) in [5, 5.41) is 11.3. The molecule has 0 aliphatic heterocycles.